The molecular weight excluding hydrogens is 504 g/mol. The Balaban J connectivity index is 1.50. The van der Waals surface area contributed by atoms with E-state index in [2.05, 4.69) is 17.1 Å². The van der Waals surface area contributed by atoms with E-state index >= 15 is 0 Å². The zero-order valence-electron chi connectivity index (χ0n) is 20.2. The molecule has 190 valence electrons. The van der Waals surface area contributed by atoms with Crippen molar-refractivity contribution in [3.63, 3.8) is 0 Å². The summed E-state index contributed by atoms with van der Waals surface area (Å²) in [5.41, 5.74) is 3.51. The van der Waals surface area contributed by atoms with Crippen LogP contribution in [0.4, 0.5) is 0 Å². The molecular formula is C29H28N2O4S2. The lowest BCUT2D eigenvalue weighted by atomic mass is 10.1. The summed E-state index contributed by atoms with van der Waals surface area (Å²) < 4.78 is 28.5. The number of carboxylic acid groups (broad SMARTS) is 1. The first-order chi connectivity index (χ1) is 17.9. The normalized spacial score (nSPS) is 11.5. The summed E-state index contributed by atoms with van der Waals surface area (Å²) in [4.78, 5) is 16.4. The van der Waals surface area contributed by atoms with Gasteiger partial charge in [-0.25, -0.2) is 8.42 Å². The molecule has 0 aliphatic rings. The van der Waals surface area contributed by atoms with E-state index in [-0.39, 0.29) is 24.4 Å². The monoisotopic (exact) mass is 532 g/mol. The third kappa shape index (κ3) is 7.76. The lowest BCUT2D eigenvalue weighted by Crippen LogP contribution is -2.30. The van der Waals surface area contributed by atoms with Crippen LogP contribution in [0.15, 0.2) is 113 Å². The number of aromatic nitrogens is 1. The summed E-state index contributed by atoms with van der Waals surface area (Å²) in [5.74, 6) is 0.0242. The van der Waals surface area contributed by atoms with E-state index in [1.807, 2.05) is 48.5 Å². The van der Waals surface area contributed by atoms with Gasteiger partial charge in [0.05, 0.1) is 6.42 Å². The Labute approximate surface area is 222 Å². The molecule has 1 heterocycles. The van der Waals surface area contributed by atoms with E-state index in [1.54, 1.807) is 36.0 Å². The molecule has 0 aliphatic heterocycles. The fourth-order valence-electron chi connectivity index (χ4n) is 3.92. The number of hydrogen-bond acceptors (Lipinski definition) is 5. The molecule has 0 atom stereocenters. The second kappa shape index (κ2) is 12.7. The lowest BCUT2D eigenvalue weighted by Gasteiger charge is -2.23. The molecule has 3 aromatic carbocycles. The van der Waals surface area contributed by atoms with Gasteiger partial charge in [0, 0.05) is 36.1 Å². The summed E-state index contributed by atoms with van der Waals surface area (Å²) >= 11 is 1.77. The predicted octanol–water partition coefficient (Wildman–Crippen LogP) is 5.43. The Kier molecular flexibility index (Phi) is 9.11. The van der Waals surface area contributed by atoms with Gasteiger partial charge in [0.2, 0.25) is 10.0 Å². The number of pyridine rings is 1. The summed E-state index contributed by atoms with van der Waals surface area (Å²) in [5, 5.41) is 9.13. The van der Waals surface area contributed by atoms with Gasteiger partial charge < -0.3 is 5.11 Å². The van der Waals surface area contributed by atoms with Crippen molar-refractivity contribution in [2.45, 2.75) is 35.7 Å². The number of carboxylic acids is 1. The fourth-order valence-corrected chi connectivity index (χ4v) is 6.20. The summed E-state index contributed by atoms with van der Waals surface area (Å²) in [7, 11) is -3.84. The zero-order chi connectivity index (χ0) is 26.1. The van der Waals surface area contributed by atoms with Crippen LogP contribution < -0.4 is 0 Å². The highest BCUT2D eigenvalue weighted by Gasteiger charge is 2.25. The first-order valence-corrected chi connectivity index (χ1v) is 14.3. The van der Waals surface area contributed by atoms with Crippen LogP contribution in [0.5, 0.6) is 0 Å². The van der Waals surface area contributed by atoms with Crippen LogP contribution in [0.1, 0.15) is 22.3 Å². The van der Waals surface area contributed by atoms with Crippen molar-refractivity contribution < 1.29 is 18.3 Å². The molecule has 6 nitrogen and oxygen atoms in total. The standard InChI is InChI=1S/C29H28N2O4S2/c32-29(33)19-25-8-4-9-26(18-25)22-31(37(34,35)28-10-5-16-30-20-28)21-24-11-13-27(14-12-24)36-17-15-23-6-2-1-3-7-23/h1-14,16,18,20H,15,17,19,21-22H2,(H,32,33). The topological polar surface area (TPSA) is 87.6 Å². The van der Waals surface area contributed by atoms with Crippen molar-refractivity contribution in [3.8, 4) is 0 Å². The number of aryl methyl sites for hydroxylation is 1. The molecule has 8 heteroatoms. The summed E-state index contributed by atoms with van der Waals surface area (Å²) in [6.07, 6.45) is 3.74. The van der Waals surface area contributed by atoms with Gasteiger partial charge in [0.15, 0.2) is 0 Å². The molecule has 0 spiro atoms. The first-order valence-electron chi connectivity index (χ1n) is 11.9. The minimum Gasteiger partial charge on any atom is -0.481 e. The van der Waals surface area contributed by atoms with Crippen molar-refractivity contribution in [2.24, 2.45) is 0 Å². The van der Waals surface area contributed by atoms with Crippen LogP contribution in [0.25, 0.3) is 0 Å². The van der Waals surface area contributed by atoms with Crippen LogP contribution in [0, 0.1) is 0 Å². The Bertz CT molecular complexity index is 1410. The summed E-state index contributed by atoms with van der Waals surface area (Å²) in [6, 6.07) is 28.5. The highest BCUT2D eigenvalue weighted by molar-refractivity contribution is 7.99. The maximum atomic E-state index is 13.5. The maximum Gasteiger partial charge on any atom is 0.307 e. The average molecular weight is 533 g/mol. The van der Waals surface area contributed by atoms with E-state index in [9.17, 15) is 13.2 Å². The van der Waals surface area contributed by atoms with Crippen molar-refractivity contribution in [1.82, 2.24) is 9.29 Å². The largest absolute Gasteiger partial charge is 0.481 e. The van der Waals surface area contributed by atoms with E-state index in [4.69, 9.17) is 5.11 Å². The van der Waals surface area contributed by atoms with Crippen molar-refractivity contribution in [3.05, 3.63) is 126 Å². The molecule has 0 radical (unpaired) electrons. The number of aliphatic carboxylic acids is 1. The average Bonchev–Trinajstić information content (AvgIpc) is 2.90. The fraction of sp³-hybridized carbons (Fsp3) is 0.172. The molecule has 0 unspecified atom stereocenters. The molecule has 37 heavy (non-hydrogen) atoms. The molecule has 4 rings (SSSR count). The molecule has 0 aliphatic carbocycles. The number of hydrogen-bond donors (Lipinski definition) is 1. The van der Waals surface area contributed by atoms with E-state index in [1.165, 1.54) is 28.3 Å². The Morgan fingerprint density at radius 1 is 0.811 bits per heavy atom. The van der Waals surface area contributed by atoms with E-state index in [0.717, 1.165) is 28.2 Å². The van der Waals surface area contributed by atoms with Crippen molar-refractivity contribution in [2.75, 3.05) is 5.75 Å². The van der Waals surface area contributed by atoms with Crippen LogP contribution in [0.2, 0.25) is 0 Å². The molecule has 1 aromatic heterocycles. The van der Waals surface area contributed by atoms with Gasteiger partial charge in [0.25, 0.3) is 0 Å². The molecule has 0 bridgehead atoms. The molecule has 0 amide bonds. The van der Waals surface area contributed by atoms with Crippen LogP contribution >= 0.6 is 11.8 Å². The maximum absolute atomic E-state index is 13.5. The van der Waals surface area contributed by atoms with Crippen LogP contribution in [-0.4, -0.2) is 34.5 Å². The minimum absolute atomic E-state index is 0.109. The van der Waals surface area contributed by atoms with Crippen LogP contribution in [0.3, 0.4) is 0 Å². The molecule has 0 saturated carbocycles. The van der Waals surface area contributed by atoms with Gasteiger partial charge in [-0.1, -0.05) is 66.7 Å². The van der Waals surface area contributed by atoms with Gasteiger partial charge >= 0.3 is 5.97 Å². The Morgan fingerprint density at radius 3 is 2.22 bits per heavy atom. The predicted molar refractivity (Wildman–Crippen MR) is 146 cm³/mol. The highest BCUT2D eigenvalue weighted by atomic mass is 32.2. The van der Waals surface area contributed by atoms with Crippen molar-refractivity contribution >= 4 is 27.8 Å². The van der Waals surface area contributed by atoms with Gasteiger partial charge in [-0.15, -0.1) is 11.8 Å². The third-order valence-corrected chi connectivity index (χ3v) is 8.55. The number of thioether (sulfide) groups is 1. The number of benzene rings is 3. The number of carbonyl (C=O) groups is 1. The Hall–Kier alpha value is -3.46. The molecule has 1 N–H and O–H groups in total. The van der Waals surface area contributed by atoms with E-state index in [0.29, 0.717) is 5.56 Å². The third-order valence-electron chi connectivity index (χ3n) is 5.76. The highest BCUT2D eigenvalue weighted by Crippen LogP contribution is 2.24. The number of sulfonamides is 1. The number of nitrogens with zero attached hydrogens (tertiary/aromatic N) is 2. The molecule has 0 saturated heterocycles. The summed E-state index contributed by atoms with van der Waals surface area (Å²) in [6.45, 7) is 0.285. The quantitative estimate of drug-likeness (QED) is 0.245. The zero-order valence-corrected chi connectivity index (χ0v) is 21.9. The second-order valence-electron chi connectivity index (χ2n) is 8.58. The SMILES string of the molecule is O=C(O)Cc1cccc(CN(Cc2ccc(SCCc3ccccc3)cc2)S(=O)(=O)c2cccnc2)c1. The smallest absolute Gasteiger partial charge is 0.307 e. The van der Waals surface area contributed by atoms with Gasteiger partial charge in [-0.3, -0.25) is 9.78 Å². The Morgan fingerprint density at radius 2 is 1.51 bits per heavy atom. The van der Waals surface area contributed by atoms with Crippen LogP contribution in [-0.2, 0) is 40.7 Å². The molecule has 0 fully saturated rings. The molecule has 4 aromatic rings. The minimum atomic E-state index is -3.84. The van der Waals surface area contributed by atoms with E-state index < -0.39 is 16.0 Å². The lowest BCUT2D eigenvalue weighted by molar-refractivity contribution is -0.136. The second-order valence-corrected chi connectivity index (χ2v) is 11.7. The first kappa shape index (κ1) is 26.6. The van der Waals surface area contributed by atoms with Gasteiger partial charge in [-0.05, 0) is 52.9 Å². The number of rotatable bonds is 12. The van der Waals surface area contributed by atoms with Gasteiger partial charge in [-0.2, -0.15) is 4.31 Å². The van der Waals surface area contributed by atoms with Gasteiger partial charge in [0.1, 0.15) is 4.90 Å². The van der Waals surface area contributed by atoms with Crippen molar-refractivity contribution in [1.29, 1.82) is 0 Å².